The number of nitrogens with zero attached hydrogens (tertiary/aromatic N) is 2. The van der Waals surface area contributed by atoms with Crippen LogP contribution in [0.1, 0.15) is 41.8 Å². The zero-order chi connectivity index (χ0) is 17.4. The molecule has 0 amide bonds. The molecule has 1 atom stereocenters. The number of hydrogen-bond donors (Lipinski definition) is 0. The highest BCUT2D eigenvalue weighted by atomic mass is 32.2. The van der Waals surface area contributed by atoms with Gasteiger partial charge in [-0.1, -0.05) is 36.0 Å². The molecule has 0 saturated heterocycles. The minimum Gasteiger partial charge on any atom is -0.319 e. The first kappa shape index (κ1) is 16.4. The van der Waals surface area contributed by atoms with E-state index in [0.717, 1.165) is 41.1 Å². The summed E-state index contributed by atoms with van der Waals surface area (Å²) in [6.45, 7) is 4.95. The van der Waals surface area contributed by atoms with Gasteiger partial charge in [0.1, 0.15) is 0 Å². The van der Waals surface area contributed by atoms with E-state index in [4.69, 9.17) is 4.98 Å². The molecule has 0 radical (unpaired) electrons. The molecule has 0 unspecified atom stereocenters. The second-order valence-corrected chi connectivity index (χ2v) is 7.90. The molecule has 1 aromatic heterocycles. The van der Waals surface area contributed by atoms with Crippen LogP contribution in [0.3, 0.4) is 0 Å². The Labute approximate surface area is 152 Å². The van der Waals surface area contributed by atoms with Gasteiger partial charge in [0, 0.05) is 12.1 Å². The second kappa shape index (κ2) is 6.68. The summed E-state index contributed by atoms with van der Waals surface area (Å²) in [6, 6.07) is 14.4. The lowest BCUT2D eigenvalue weighted by Gasteiger charge is -2.12. The van der Waals surface area contributed by atoms with Crippen LogP contribution in [0.25, 0.3) is 11.0 Å². The molecule has 0 aliphatic heterocycles. The highest BCUT2D eigenvalue weighted by molar-refractivity contribution is 8.00. The van der Waals surface area contributed by atoms with Crippen LogP contribution >= 0.6 is 11.8 Å². The predicted octanol–water partition coefficient (Wildman–Crippen LogP) is 4.91. The zero-order valence-corrected chi connectivity index (χ0v) is 15.5. The lowest BCUT2D eigenvalue weighted by atomic mass is 10.0. The average molecular weight is 350 g/mol. The molecule has 3 aromatic rings. The van der Waals surface area contributed by atoms with Gasteiger partial charge in [-0.25, -0.2) is 4.98 Å². The maximum atomic E-state index is 12.9. The molecule has 1 aliphatic rings. The largest absolute Gasteiger partial charge is 0.319 e. The number of ketones is 1. The van der Waals surface area contributed by atoms with E-state index < -0.39 is 0 Å². The molecular weight excluding hydrogens is 328 g/mol. The van der Waals surface area contributed by atoms with E-state index >= 15 is 0 Å². The fourth-order valence-electron chi connectivity index (χ4n) is 3.62. The van der Waals surface area contributed by atoms with Crippen LogP contribution in [0, 0.1) is 0 Å². The summed E-state index contributed by atoms with van der Waals surface area (Å²) >= 11 is 1.56. The van der Waals surface area contributed by atoms with Crippen molar-refractivity contribution >= 4 is 28.6 Å². The fraction of sp³-hybridized carbons (Fsp3) is 0.333. The first-order valence-corrected chi connectivity index (χ1v) is 9.83. The van der Waals surface area contributed by atoms with Gasteiger partial charge in [-0.05, 0) is 62.4 Å². The minimum atomic E-state index is -0.151. The molecule has 0 bridgehead atoms. The maximum absolute atomic E-state index is 12.9. The smallest absolute Gasteiger partial charge is 0.176 e. The Morgan fingerprint density at radius 1 is 1.20 bits per heavy atom. The highest BCUT2D eigenvalue weighted by Gasteiger charge is 2.22. The summed E-state index contributed by atoms with van der Waals surface area (Å²) < 4.78 is 2.19. The molecule has 1 heterocycles. The van der Waals surface area contributed by atoms with E-state index in [-0.39, 0.29) is 11.0 Å². The number of Topliss-reactive ketones (excluding diaryl/α,β-unsaturated/α-hetero) is 1. The summed E-state index contributed by atoms with van der Waals surface area (Å²) in [5.41, 5.74) is 5.71. The van der Waals surface area contributed by atoms with Gasteiger partial charge >= 0.3 is 0 Å². The van der Waals surface area contributed by atoms with Crippen molar-refractivity contribution in [2.75, 3.05) is 0 Å². The monoisotopic (exact) mass is 350 g/mol. The SMILES string of the molecule is CCn1c(S[C@@H](C)C(=O)c2ccc3c(c2)CCC3)nc2ccccc21. The molecular formula is C21H22N2OS. The molecule has 25 heavy (non-hydrogen) atoms. The van der Waals surface area contributed by atoms with E-state index in [1.54, 1.807) is 11.8 Å². The van der Waals surface area contributed by atoms with Gasteiger partial charge in [-0.15, -0.1) is 0 Å². The van der Waals surface area contributed by atoms with E-state index in [1.807, 2.05) is 31.2 Å². The first-order chi connectivity index (χ1) is 12.2. The number of fused-ring (bicyclic) bond motifs is 2. The molecule has 0 spiro atoms. The van der Waals surface area contributed by atoms with Gasteiger partial charge in [0.25, 0.3) is 0 Å². The van der Waals surface area contributed by atoms with Gasteiger partial charge in [-0.3, -0.25) is 4.79 Å². The van der Waals surface area contributed by atoms with Gasteiger partial charge in [-0.2, -0.15) is 0 Å². The summed E-state index contributed by atoms with van der Waals surface area (Å²) in [6.07, 6.45) is 3.45. The molecule has 128 valence electrons. The molecule has 0 N–H and O–H groups in total. The number of benzene rings is 2. The topological polar surface area (TPSA) is 34.9 Å². The van der Waals surface area contributed by atoms with E-state index in [9.17, 15) is 4.79 Å². The normalized spacial score (nSPS) is 14.6. The van der Waals surface area contributed by atoms with Crippen molar-refractivity contribution in [3.05, 3.63) is 59.2 Å². The lowest BCUT2D eigenvalue weighted by Crippen LogP contribution is -2.15. The number of imidazole rings is 1. The number of hydrogen-bond acceptors (Lipinski definition) is 3. The van der Waals surface area contributed by atoms with Crippen molar-refractivity contribution in [1.29, 1.82) is 0 Å². The Kier molecular flexibility index (Phi) is 4.38. The van der Waals surface area contributed by atoms with E-state index in [0.29, 0.717) is 0 Å². The van der Waals surface area contributed by atoms with E-state index in [1.165, 1.54) is 17.5 Å². The highest BCUT2D eigenvalue weighted by Crippen LogP contribution is 2.30. The molecule has 4 heteroatoms. The zero-order valence-electron chi connectivity index (χ0n) is 14.7. The number of aryl methyl sites for hydroxylation is 3. The minimum absolute atomic E-state index is 0.151. The molecule has 0 fully saturated rings. The standard InChI is InChI=1S/C21H22N2OS/c1-3-23-19-10-5-4-9-18(19)22-21(23)25-14(2)20(24)17-12-11-15-7-6-8-16(15)13-17/h4-5,9-14H,3,6-8H2,1-2H3/t14-/m0/s1. The number of rotatable bonds is 5. The third-order valence-electron chi connectivity index (χ3n) is 4.97. The van der Waals surface area contributed by atoms with Crippen molar-refractivity contribution in [2.24, 2.45) is 0 Å². The van der Waals surface area contributed by atoms with Crippen LogP contribution in [0.2, 0.25) is 0 Å². The van der Waals surface area contributed by atoms with Gasteiger partial charge < -0.3 is 4.57 Å². The molecule has 0 saturated carbocycles. The Balaban J connectivity index is 1.59. The number of para-hydroxylation sites is 2. The predicted molar refractivity (Wildman–Crippen MR) is 104 cm³/mol. The van der Waals surface area contributed by atoms with Crippen LogP contribution in [0.5, 0.6) is 0 Å². The summed E-state index contributed by atoms with van der Waals surface area (Å²) in [5, 5.41) is 0.771. The Bertz CT molecular complexity index is 944. The quantitative estimate of drug-likeness (QED) is 0.484. The summed E-state index contributed by atoms with van der Waals surface area (Å²) in [4.78, 5) is 17.6. The fourth-order valence-corrected chi connectivity index (χ4v) is 4.69. The summed E-state index contributed by atoms with van der Waals surface area (Å²) in [7, 11) is 0. The number of aromatic nitrogens is 2. The Morgan fingerprint density at radius 2 is 2.00 bits per heavy atom. The molecule has 3 nitrogen and oxygen atoms in total. The van der Waals surface area contributed by atoms with Crippen LogP contribution in [-0.2, 0) is 19.4 Å². The second-order valence-electron chi connectivity index (χ2n) is 6.59. The van der Waals surface area contributed by atoms with Crippen LogP contribution in [-0.4, -0.2) is 20.6 Å². The van der Waals surface area contributed by atoms with Gasteiger partial charge in [0.15, 0.2) is 10.9 Å². The molecule has 4 rings (SSSR count). The lowest BCUT2D eigenvalue weighted by molar-refractivity contribution is 0.0993. The average Bonchev–Trinajstić information content (AvgIpc) is 3.23. The molecule has 1 aliphatic carbocycles. The van der Waals surface area contributed by atoms with Crippen molar-refractivity contribution in [3.63, 3.8) is 0 Å². The van der Waals surface area contributed by atoms with Crippen molar-refractivity contribution in [2.45, 2.75) is 50.1 Å². The third kappa shape index (κ3) is 2.99. The number of carbonyl (C=O) groups excluding carboxylic acids is 1. The van der Waals surface area contributed by atoms with Crippen LogP contribution in [0.15, 0.2) is 47.6 Å². The Morgan fingerprint density at radius 3 is 2.84 bits per heavy atom. The van der Waals surface area contributed by atoms with Crippen molar-refractivity contribution in [3.8, 4) is 0 Å². The number of thioether (sulfide) groups is 1. The number of carbonyl (C=O) groups is 1. The summed E-state index contributed by atoms with van der Waals surface area (Å²) in [5.74, 6) is 0.189. The maximum Gasteiger partial charge on any atom is 0.176 e. The van der Waals surface area contributed by atoms with Crippen LogP contribution in [0.4, 0.5) is 0 Å². The van der Waals surface area contributed by atoms with E-state index in [2.05, 4.69) is 29.7 Å². The van der Waals surface area contributed by atoms with Crippen molar-refractivity contribution in [1.82, 2.24) is 9.55 Å². The van der Waals surface area contributed by atoms with Crippen molar-refractivity contribution < 1.29 is 4.79 Å². The van der Waals surface area contributed by atoms with Gasteiger partial charge in [0.2, 0.25) is 0 Å². The Hall–Kier alpha value is -2.07. The van der Waals surface area contributed by atoms with Crippen LogP contribution < -0.4 is 0 Å². The third-order valence-corrected chi connectivity index (χ3v) is 6.06. The molecule has 2 aromatic carbocycles. The van der Waals surface area contributed by atoms with Gasteiger partial charge in [0.05, 0.1) is 16.3 Å². The first-order valence-electron chi connectivity index (χ1n) is 8.95.